The highest BCUT2D eigenvalue weighted by Crippen LogP contribution is 2.40. The summed E-state index contributed by atoms with van der Waals surface area (Å²) in [5.41, 5.74) is 5.32. The number of piperidine rings is 1. The van der Waals surface area contributed by atoms with E-state index in [4.69, 9.17) is 4.84 Å². The van der Waals surface area contributed by atoms with Gasteiger partial charge in [-0.25, -0.2) is 0 Å². The van der Waals surface area contributed by atoms with Crippen LogP contribution in [-0.2, 0) is 5.41 Å². The van der Waals surface area contributed by atoms with Gasteiger partial charge in [-0.2, -0.15) is 0 Å². The lowest BCUT2D eigenvalue weighted by Crippen LogP contribution is -2.47. The molecule has 1 aliphatic heterocycles. The maximum Gasteiger partial charge on any atom is 0.111 e. The minimum atomic E-state index is -1.39. The molecule has 0 aliphatic carbocycles. The van der Waals surface area contributed by atoms with E-state index in [0.717, 1.165) is 5.69 Å². The first-order valence-electron chi connectivity index (χ1n) is 13.1. The van der Waals surface area contributed by atoms with Gasteiger partial charge in [0.25, 0.3) is 0 Å². The minimum absolute atomic E-state index is 0.211. The van der Waals surface area contributed by atoms with E-state index in [9.17, 15) is 0 Å². The minimum Gasteiger partial charge on any atom is -0.398 e. The summed E-state index contributed by atoms with van der Waals surface area (Å²) in [6.45, 7) is 22.1. The van der Waals surface area contributed by atoms with E-state index >= 15 is 0 Å². The maximum atomic E-state index is 6.17. The first kappa shape index (κ1) is 26.0. The van der Waals surface area contributed by atoms with Crippen LogP contribution in [0.4, 0.5) is 0 Å². The molecule has 184 valence electrons. The number of hydrogen-bond acceptors (Lipinski definition) is 3. The SMILES string of the molecule is CCCCCCN1CCC(C)(c2cccc(-c3cn(OC(C)[Si](C)(C)C)nc3C)c2)C(C)C1. The second kappa shape index (κ2) is 10.8. The van der Waals surface area contributed by atoms with Gasteiger partial charge in [0.15, 0.2) is 0 Å². The molecule has 2 aromatic rings. The molecule has 3 unspecified atom stereocenters. The van der Waals surface area contributed by atoms with Crippen molar-refractivity contribution >= 4 is 8.07 Å². The van der Waals surface area contributed by atoms with E-state index in [1.807, 2.05) is 0 Å². The zero-order valence-electron chi connectivity index (χ0n) is 22.4. The number of unbranched alkanes of at least 4 members (excludes halogenated alkanes) is 3. The molecule has 0 amide bonds. The Labute approximate surface area is 203 Å². The zero-order chi connectivity index (χ0) is 24.2. The summed E-state index contributed by atoms with van der Waals surface area (Å²) in [6.07, 6.45) is 8.68. The van der Waals surface area contributed by atoms with Gasteiger partial charge in [0, 0.05) is 12.1 Å². The molecule has 0 N–H and O–H groups in total. The fourth-order valence-electron chi connectivity index (χ4n) is 4.84. The molecule has 1 aromatic carbocycles. The number of hydrogen-bond donors (Lipinski definition) is 0. The Kier molecular flexibility index (Phi) is 8.49. The number of nitrogens with zero attached hydrogens (tertiary/aromatic N) is 3. The van der Waals surface area contributed by atoms with Crippen molar-refractivity contribution in [2.45, 2.75) is 97.5 Å². The van der Waals surface area contributed by atoms with Gasteiger partial charge >= 0.3 is 0 Å². The summed E-state index contributed by atoms with van der Waals surface area (Å²) in [5, 5.41) is 4.68. The van der Waals surface area contributed by atoms with Crippen LogP contribution in [0.25, 0.3) is 11.1 Å². The van der Waals surface area contributed by atoms with Crippen LogP contribution in [0.15, 0.2) is 30.5 Å². The molecule has 1 aromatic heterocycles. The second-order valence-electron chi connectivity index (χ2n) is 11.7. The van der Waals surface area contributed by atoms with Crippen LogP contribution >= 0.6 is 0 Å². The number of aromatic nitrogens is 2. The molecule has 1 saturated heterocycles. The molecule has 0 saturated carbocycles. The monoisotopic (exact) mass is 469 g/mol. The molecule has 2 heterocycles. The third-order valence-electron chi connectivity index (χ3n) is 8.09. The first-order chi connectivity index (χ1) is 15.5. The smallest absolute Gasteiger partial charge is 0.111 e. The quantitative estimate of drug-likeness (QED) is 0.285. The fourth-order valence-corrected chi connectivity index (χ4v) is 5.27. The lowest BCUT2D eigenvalue weighted by molar-refractivity contribution is 0.0625. The van der Waals surface area contributed by atoms with Crippen LogP contribution in [0.2, 0.25) is 19.6 Å². The van der Waals surface area contributed by atoms with Crippen LogP contribution in [0.3, 0.4) is 0 Å². The van der Waals surface area contributed by atoms with E-state index in [1.165, 1.54) is 68.4 Å². The molecule has 3 rings (SSSR count). The first-order valence-corrected chi connectivity index (χ1v) is 16.7. The predicted octanol–water partition coefficient (Wildman–Crippen LogP) is 6.73. The standard InChI is InChI=1S/C28H47N3OSi/c1-9-10-11-12-17-30-18-16-28(5,22(2)20-30)26-15-13-14-25(19-26)27-21-31(29-23(27)3)32-24(4)33(6,7)8/h13-15,19,21-22,24H,9-12,16-18,20H2,1-8H3. The topological polar surface area (TPSA) is 30.3 Å². The summed E-state index contributed by atoms with van der Waals surface area (Å²) in [5.74, 6) is 0.637. The lowest BCUT2D eigenvalue weighted by Gasteiger charge is -2.45. The number of benzene rings is 1. The molecular formula is C28H47N3OSi. The Hall–Kier alpha value is -1.59. The average Bonchev–Trinajstić information content (AvgIpc) is 3.13. The summed E-state index contributed by atoms with van der Waals surface area (Å²) in [7, 11) is -1.39. The molecule has 0 bridgehead atoms. The number of likely N-dealkylation sites (tertiary alicyclic amines) is 1. The summed E-state index contributed by atoms with van der Waals surface area (Å²) >= 11 is 0. The van der Waals surface area contributed by atoms with Gasteiger partial charge < -0.3 is 9.74 Å². The summed E-state index contributed by atoms with van der Waals surface area (Å²) in [6, 6.07) is 9.18. The van der Waals surface area contributed by atoms with E-state index in [2.05, 4.69) is 94.7 Å². The Morgan fingerprint density at radius 1 is 1.21 bits per heavy atom. The molecule has 0 radical (unpaired) electrons. The van der Waals surface area contributed by atoms with Crippen LogP contribution in [0.5, 0.6) is 0 Å². The maximum absolute atomic E-state index is 6.17. The molecule has 1 fully saturated rings. The highest BCUT2D eigenvalue weighted by Gasteiger charge is 2.38. The van der Waals surface area contributed by atoms with Gasteiger partial charge in [-0.3, -0.25) is 0 Å². The molecule has 0 spiro atoms. The Morgan fingerprint density at radius 3 is 2.64 bits per heavy atom. The number of rotatable bonds is 10. The molecule has 1 aliphatic rings. The van der Waals surface area contributed by atoms with Crippen molar-refractivity contribution < 1.29 is 4.84 Å². The Bertz CT molecular complexity index is 903. The highest BCUT2D eigenvalue weighted by molar-refractivity contribution is 6.77. The van der Waals surface area contributed by atoms with Crippen molar-refractivity contribution in [3.05, 3.63) is 41.7 Å². The van der Waals surface area contributed by atoms with Crippen molar-refractivity contribution in [3.8, 4) is 11.1 Å². The van der Waals surface area contributed by atoms with Crippen LogP contribution in [-0.4, -0.2) is 48.3 Å². The highest BCUT2D eigenvalue weighted by atomic mass is 28.3. The van der Waals surface area contributed by atoms with E-state index in [0.29, 0.717) is 5.92 Å². The lowest BCUT2D eigenvalue weighted by atomic mass is 9.67. The van der Waals surface area contributed by atoms with Crippen molar-refractivity contribution in [2.75, 3.05) is 19.6 Å². The second-order valence-corrected chi connectivity index (χ2v) is 17.2. The van der Waals surface area contributed by atoms with Gasteiger partial charge in [0.1, 0.15) is 5.73 Å². The van der Waals surface area contributed by atoms with E-state index in [1.54, 1.807) is 4.85 Å². The Morgan fingerprint density at radius 2 is 1.97 bits per heavy atom. The van der Waals surface area contributed by atoms with Gasteiger partial charge in [0.05, 0.1) is 20.0 Å². The molecular weight excluding hydrogens is 422 g/mol. The van der Waals surface area contributed by atoms with Crippen molar-refractivity contribution in [1.82, 2.24) is 14.8 Å². The molecule has 4 nitrogen and oxygen atoms in total. The predicted molar refractivity (Wildman–Crippen MR) is 144 cm³/mol. The average molecular weight is 470 g/mol. The number of aryl methyl sites for hydroxylation is 1. The zero-order valence-corrected chi connectivity index (χ0v) is 23.4. The van der Waals surface area contributed by atoms with Crippen molar-refractivity contribution in [2.24, 2.45) is 5.92 Å². The van der Waals surface area contributed by atoms with E-state index in [-0.39, 0.29) is 11.1 Å². The van der Waals surface area contributed by atoms with Gasteiger partial charge in [-0.1, -0.05) is 83.9 Å². The Balaban J connectivity index is 1.73. The van der Waals surface area contributed by atoms with Gasteiger partial charge in [-0.05, 0) is 62.2 Å². The summed E-state index contributed by atoms with van der Waals surface area (Å²) in [4.78, 5) is 10.6. The van der Waals surface area contributed by atoms with Gasteiger partial charge in [0.2, 0.25) is 0 Å². The molecule has 5 heteroatoms. The third-order valence-corrected chi connectivity index (χ3v) is 10.6. The van der Waals surface area contributed by atoms with Crippen LogP contribution in [0.1, 0.15) is 71.1 Å². The molecule has 33 heavy (non-hydrogen) atoms. The van der Waals surface area contributed by atoms with E-state index < -0.39 is 8.07 Å². The van der Waals surface area contributed by atoms with Crippen molar-refractivity contribution in [3.63, 3.8) is 0 Å². The van der Waals surface area contributed by atoms with Crippen LogP contribution < -0.4 is 4.84 Å². The third kappa shape index (κ3) is 6.30. The van der Waals surface area contributed by atoms with Crippen LogP contribution in [0, 0.1) is 12.8 Å². The van der Waals surface area contributed by atoms with Crippen molar-refractivity contribution in [1.29, 1.82) is 0 Å². The fraction of sp³-hybridized carbons (Fsp3) is 0.679. The largest absolute Gasteiger partial charge is 0.398 e. The normalized spacial score (nSPS) is 23.0. The molecule has 3 atom stereocenters. The summed E-state index contributed by atoms with van der Waals surface area (Å²) < 4.78 is 0. The van der Waals surface area contributed by atoms with Gasteiger partial charge in [-0.15, -0.1) is 9.94 Å².